The molecule has 0 heterocycles. The van der Waals surface area contributed by atoms with E-state index in [1.807, 2.05) is 32.9 Å². The second kappa shape index (κ2) is 10.5. The van der Waals surface area contributed by atoms with Crippen LogP contribution in [0.4, 0.5) is 0 Å². The molecule has 1 N–H and O–H groups in total. The Morgan fingerprint density at radius 1 is 1.10 bits per heavy atom. The summed E-state index contributed by atoms with van der Waals surface area (Å²) in [4.78, 5) is 27.2. The maximum Gasteiger partial charge on any atom is 0.261 e. The van der Waals surface area contributed by atoms with Crippen molar-refractivity contribution >= 4 is 50.9 Å². The molecular formula is C22H25BrCl2N2O3. The van der Waals surface area contributed by atoms with Crippen molar-refractivity contribution in [3.8, 4) is 5.75 Å². The monoisotopic (exact) mass is 514 g/mol. The SMILES string of the molecule is C[C@H](C(=O)NC(C)(C)C)N(Cc1c(Cl)cccc1Cl)C(=O)COc1ccc(Br)cc1. The number of ether oxygens (including phenoxy) is 1. The van der Waals surface area contributed by atoms with Crippen molar-refractivity contribution in [2.45, 2.75) is 45.8 Å². The molecule has 2 aromatic carbocycles. The van der Waals surface area contributed by atoms with Crippen LogP contribution in [0.2, 0.25) is 10.0 Å². The molecule has 0 unspecified atom stereocenters. The molecule has 0 saturated heterocycles. The molecule has 0 aliphatic heterocycles. The van der Waals surface area contributed by atoms with Gasteiger partial charge in [0.05, 0.1) is 0 Å². The van der Waals surface area contributed by atoms with E-state index in [0.29, 0.717) is 21.4 Å². The molecule has 2 rings (SSSR count). The highest BCUT2D eigenvalue weighted by atomic mass is 79.9. The Kier molecular flexibility index (Phi) is 8.59. The van der Waals surface area contributed by atoms with E-state index in [1.165, 1.54) is 4.90 Å². The number of benzene rings is 2. The van der Waals surface area contributed by atoms with Crippen LogP contribution in [0, 0.1) is 0 Å². The Bertz CT molecular complexity index is 878. The Labute approximate surface area is 195 Å². The van der Waals surface area contributed by atoms with Gasteiger partial charge in [-0.25, -0.2) is 0 Å². The zero-order valence-electron chi connectivity index (χ0n) is 17.3. The summed E-state index contributed by atoms with van der Waals surface area (Å²) < 4.78 is 6.53. The molecule has 0 spiro atoms. The quantitative estimate of drug-likeness (QED) is 0.532. The van der Waals surface area contributed by atoms with E-state index in [9.17, 15) is 9.59 Å². The smallest absolute Gasteiger partial charge is 0.261 e. The summed E-state index contributed by atoms with van der Waals surface area (Å²) in [6, 6.07) is 11.5. The van der Waals surface area contributed by atoms with Crippen molar-refractivity contribution < 1.29 is 14.3 Å². The van der Waals surface area contributed by atoms with Crippen LogP contribution in [0.5, 0.6) is 5.75 Å². The number of carbonyl (C=O) groups is 2. The number of nitrogens with one attached hydrogen (secondary N) is 1. The molecule has 0 fully saturated rings. The molecule has 0 bridgehead atoms. The molecule has 5 nitrogen and oxygen atoms in total. The fourth-order valence-corrected chi connectivity index (χ4v) is 3.45. The summed E-state index contributed by atoms with van der Waals surface area (Å²) in [5.74, 6) is -0.0813. The fourth-order valence-electron chi connectivity index (χ4n) is 2.67. The number of hydrogen-bond acceptors (Lipinski definition) is 3. The van der Waals surface area contributed by atoms with Gasteiger partial charge in [0, 0.05) is 32.2 Å². The van der Waals surface area contributed by atoms with Crippen molar-refractivity contribution in [3.05, 3.63) is 62.5 Å². The molecule has 162 valence electrons. The van der Waals surface area contributed by atoms with Crippen LogP contribution in [0.3, 0.4) is 0 Å². The first-order valence-electron chi connectivity index (χ1n) is 9.40. The average Bonchev–Trinajstić information content (AvgIpc) is 2.65. The van der Waals surface area contributed by atoms with Gasteiger partial charge in [0.15, 0.2) is 6.61 Å². The van der Waals surface area contributed by atoms with E-state index in [1.54, 1.807) is 37.3 Å². The molecule has 30 heavy (non-hydrogen) atoms. The summed E-state index contributed by atoms with van der Waals surface area (Å²) in [7, 11) is 0. The largest absolute Gasteiger partial charge is 0.484 e. The van der Waals surface area contributed by atoms with Gasteiger partial charge in [0.2, 0.25) is 5.91 Å². The predicted molar refractivity (Wildman–Crippen MR) is 124 cm³/mol. The molecule has 0 radical (unpaired) electrons. The third-order valence-electron chi connectivity index (χ3n) is 4.23. The minimum Gasteiger partial charge on any atom is -0.484 e. The van der Waals surface area contributed by atoms with Gasteiger partial charge in [-0.1, -0.05) is 45.2 Å². The highest BCUT2D eigenvalue weighted by molar-refractivity contribution is 9.10. The Morgan fingerprint density at radius 3 is 2.20 bits per heavy atom. The first kappa shape index (κ1) is 24.5. The zero-order chi connectivity index (χ0) is 22.5. The highest BCUT2D eigenvalue weighted by Gasteiger charge is 2.29. The number of amides is 2. The molecule has 2 amide bonds. The summed E-state index contributed by atoms with van der Waals surface area (Å²) >= 11 is 16.0. The van der Waals surface area contributed by atoms with Gasteiger partial charge in [-0.3, -0.25) is 9.59 Å². The van der Waals surface area contributed by atoms with Crippen molar-refractivity contribution in [2.24, 2.45) is 0 Å². The standard InChI is InChI=1S/C22H25BrCl2N2O3/c1-14(21(29)26-22(2,3)4)27(12-17-18(24)6-5-7-19(17)25)20(28)13-30-16-10-8-15(23)9-11-16/h5-11,14H,12-13H2,1-4H3,(H,26,29)/t14-/m1/s1. The number of carbonyl (C=O) groups excluding carboxylic acids is 2. The van der Waals surface area contributed by atoms with Gasteiger partial charge in [-0.05, 0) is 64.1 Å². The maximum atomic E-state index is 13.0. The topological polar surface area (TPSA) is 58.6 Å². The van der Waals surface area contributed by atoms with Gasteiger partial charge < -0.3 is 15.0 Å². The molecule has 0 aliphatic carbocycles. The van der Waals surface area contributed by atoms with Crippen LogP contribution in [0.25, 0.3) is 0 Å². The second-order valence-electron chi connectivity index (χ2n) is 7.88. The van der Waals surface area contributed by atoms with Gasteiger partial charge >= 0.3 is 0 Å². The third kappa shape index (κ3) is 7.18. The third-order valence-corrected chi connectivity index (χ3v) is 5.47. The maximum absolute atomic E-state index is 13.0. The minimum atomic E-state index is -0.752. The summed E-state index contributed by atoms with van der Waals surface area (Å²) in [6.07, 6.45) is 0. The predicted octanol–water partition coefficient (Wildman–Crippen LogP) is 5.47. The molecule has 8 heteroatoms. The van der Waals surface area contributed by atoms with Crippen LogP contribution >= 0.6 is 39.1 Å². The minimum absolute atomic E-state index is 0.0831. The molecule has 1 atom stereocenters. The molecule has 2 aromatic rings. The van der Waals surface area contributed by atoms with Crippen LogP contribution in [-0.2, 0) is 16.1 Å². The zero-order valence-corrected chi connectivity index (χ0v) is 20.4. The van der Waals surface area contributed by atoms with Crippen LogP contribution in [0.15, 0.2) is 46.9 Å². The van der Waals surface area contributed by atoms with E-state index < -0.39 is 11.6 Å². The Balaban J connectivity index is 2.23. The second-order valence-corrected chi connectivity index (χ2v) is 9.61. The lowest BCUT2D eigenvalue weighted by atomic mass is 10.1. The first-order valence-corrected chi connectivity index (χ1v) is 11.0. The van der Waals surface area contributed by atoms with Crippen LogP contribution < -0.4 is 10.1 Å². The fraction of sp³-hybridized carbons (Fsp3) is 0.364. The summed E-state index contributed by atoms with van der Waals surface area (Å²) in [6.45, 7) is 7.17. The van der Waals surface area contributed by atoms with E-state index in [0.717, 1.165) is 4.47 Å². The Morgan fingerprint density at radius 2 is 1.67 bits per heavy atom. The van der Waals surface area contributed by atoms with Crippen molar-refractivity contribution in [3.63, 3.8) is 0 Å². The number of rotatable bonds is 7. The highest BCUT2D eigenvalue weighted by Crippen LogP contribution is 2.27. The van der Waals surface area contributed by atoms with Crippen molar-refractivity contribution in [1.82, 2.24) is 10.2 Å². The molecular weight excluding hydrogens is 491 g/mol. The molecule has 0 aliphatic rings. The van der Waals surface area contributed by atoms with Crippen LogP contribution in [0.1, 0.15) is 33.3 Å². The lowest BCUT2D eigenvalue weighted by Gasteiger charge is -2.31. The Hall–Kier alpha value is -1.76. The van der Waals surface area contributed by atoms with Gasteiger partial charge in [0.1, 0.15) is 11.8 Å². The summed E-state index contributed by atoms with van der Waals surface area (Å²) in [5, 5.41) is 3.76. The van der Waals surface area contributed by atoms with Crippen molar-refractivity contribution in [2.75, 3.05) is 6.61 Å². The molecule has 0 aromatic heterocycles. The van der Waals surface area contributed by atoms with Gasteiger partial charge in [0.25, 0.3) is 5.91 Å². The van der Waals surface area contributed by atoms with E-state index in [4.69, 9.17) is 27.9 Å². The normalized spacial score (nSPS) is 12.2. The lowest BCUT2D eigenvalue weighted by molar-refractivity contribution is -0.142. The number of hydrogen-bond donors (Lipinski definition) is 1. The number of halogens is 3. The van der Waals surface area contributed by atoms with Crippen molar-refractivity contribution in [1.29, 1.82) is 0 Å². The van der Waals surface area contributed by atoms with E-state index >= 15 is 0 Å². The van der Waals surface area contributed by atoms with E-state index in [-0.39, 0.29) is 25.0 Å². The summed E-state index contributed by atoms with van der Waals surface area (Å²) in [5.41, 5.74) is 0.143. The first-order chi connectivity index (χ1) is 14.0. The number of nitrogens with zero attached hydrogens (tertiary/aromatic N) is 1. The molecule has 0 saturated carbocycles. The van der Waals surface area contributed by atoms with E-state index in [2.05, 4.69) is 21.2 Å². The van der Waals surface area contributed by atoms with Crippen LogP contribution in [-0.4, -0.2) is 34.9 Å². The van der Waals surface area contributed by atoms with Gasteiger partial charge in [-0.15, -0.1) is 0 Å². The van der Waals surface area contributed by atoms with Gasteiger partial charge in [-0.2, -0.15) is 0 Å². The lowest BCUT2D eigenvalue weighted by Crippen LogP contribution is -2.53. The average molecular weight is 516 g/mol.